The molecule has 0 saturated carbocycles. The number of carbonyl (C=O) groups is 2. The highest BCUT2D eigenvalue weighted by molar-refractivity contribution is 5.82. The Kier molecular flexibility index (Phi) is 27.5. The molecule has 18 heteroatoms. The number of ketones is 1. The molecule has 0 aliphatic carbocycles. The van der Waals surface area contributed by atoms with Crippen molar-refractivity contribution in [1.29, 1.82) is 0 Å². The van der Waals surface area contributed by atoms with Crippen LogP contribution in [0.3, 0.4) is 0 Å². The Bertz CT molecular complexity index is 1240. The molecule has 0 bridgehead atoms. The average Bonchev–Trinajstić information content (AvgIpc) is 3.15. The molecular formula is C42H78N2O16. The van der Waals surface area contributed by atoms with E-state index < -0.39 is 104 Å². The zero-order valence-electron chi connectivity index (χ0n) is 36.0. The van der Waals surface area contributed by atoms with Crippen LogP contribution in [-0.4, -0.2) is 177 Å². The number of amides is 1. The first-order chi connectivity index (χ1) is 28.0. The van der Waals surface area contributed by atoms with Crippen LogP contribution >= 0.6 is 0 Å². The van der Waals surface area contributed by atoms with Gasteiger partial charge in [0, 0.05) is 31.7 Å². The number of ether oxygens (including phenoxy) is 2. The molecule has 0 aromatic heterocycles. The number of nitrogens with two attached hydrogens (primary N) is 1. The standard InChI is InChI=1S/C42H78N2O16/c1-6-36(60-42-40(57)39(56)38(55)25(5)59-42)24(4)35(54)22-34(53)21-33(52)19-29(48)13-8-12-28(47)18-32(51)20-31(50)17-27(46)11-7-10-26(45)16-30(49)14-9-15-44-41(58)37(43)23(2)3/h7-8,11,13,23-34,36-40,42,45-53,55-57H,6,9-10,12,14-22,43H2,1-5H3,(H,44,58)/b11-7+,13-8+. The van der Waals surface area contributed by atoms with Crippen molar-refractivity contribution in [2.75, 3.05) is 6.54 Å². The van der Waals surface area contributed by atoms with Gasteiger partial charge in [-0.2, -0.15) is 0 Å². The fraction of sp³-hybridized carbons (Fsp3) is 0.857. The molecule has 0 aromatic carbocycles. The summed E-state index contributed by atoms with van der Waals surface area (Å²) < 4.78 is 11.3. The van der Waals surface area contributed by atoms with E-state index in [4.69, 9.17) is 15.2 Å². The number of Topliss-reactive ketones (excluding diaryl/α,β-unsaturated/α-hetero) is 1. The van der Waals surface area contributed by atoms with Gasteiger partial charge in [0.1, 0.15) is 24.1 Å². The molecule has 0 spiro atoms. The third-order valence-electron chi connectivity index (χ3n) is 10.8. The smallest absolute Gasteiger partial charge is 0.237 e. The van der Waals surface area contributed by atoms with Gasteiger partial charge in [-0.1, -0.05) is 52.0 Å². The fourth-order valence-corrected chi connectivity index (χ4v) is 6.90. The van der Waals surface area contributed by atoms with Crippen molar-refractivity contribution >= 4 is 11.7 Å². The first-order valence-electron chi connectivity index (χ1n) is 21.4. The molecule has 1 fully saturated rings. The first kappa shape index (κ1) is 56.0. The minimum atomic E-state index is -1.53. The van der Waals surface area contributed by atoms with Gasteiger partial charge in [0.2, 0.25) is 5.91 Å². The van der Waals surface area contributed by atoms with Crippen molar-refractivity contribution in [2.45, 2.75) is 209 Å². The molecule has 17 unspecified atom stereocenters. The monoisotopic (exact) mass is 867 g/mol. The van der Waals surface area contributed by atoms with Crippen LogP contribution in [0.15, 0.2) is 24.3 Å². The lowest BCUT2D eigenvalue weighted by Gasteiger charge is -2.40. The van der Waals surface area contributed by atoms with E-state index in [-0.39, 0.29) is 75.4 Å². The van der Waals surface area contributed by atoms with Gasteiger partial charge in [-0.25, -0.2) is 0 Å². The number of rotatable bonds is 31. The Labute approximate surface area is 354 Å². The van der Waals surface area contributed by atoms with Gasteiger partial charge < -0.3 is 81.8 Å². The van der Waals surface area contributed by atoms with Crippen LogP contribution in [0.2, 0.25) is 0 Å². The number of aliphatic hydroxyl groups excluding tert-OH is 12. The van der Waals surface area contributed by atoms with Crippen LogP contribution in [0.1, 0.15) is 112 Å². The van der Waals surface area contributed by atoms with E-state index in [0.29, 0.717) is 25.8 Å². The summed E-state index contributed by atoms with van der Waals surface area (Å²) in [6, 6.07) is -0.598. The quantitative estimate of drug-likeness (QED) is 0.0280. The second kappa shape index (κ2) is 29.4. The van der Waals surface area contributed by atoms with Crippen LogP contribution < -0.4 is 11.1 Å². The highest BCUT2D eigenvalue weighted by Gasteiger charge is 2.44. The highest BCUT2D eigenvalue weighted by Crippen LogP contribution is 2.26. The number of nitrogens with one attached hydrogen (secondary N) is 1. The summed E-state index contributed by atoms with van der Waals surface area (Å²) in [5, 5.41) is 126. The zero-order valence-corrected chi connectivity index (χ0v) is 36.0. The van der Waals surface area contributed by atoms with E-state index in [1.165, 1.54) is 31.2 Å². The molecule has 18 nitrogen and oxygen atoms in total. The van der Waals surface area contributed by atoms with Crippen molar-refractivity contribution in [3.8, 4) is 0 Å². The van der Waals surface area contributed by atoms with Gasteiger partial charge in [0.15, 0.2) is 6.29 Å². The molecule has 1 amide bonds. The topological polar surface area (TPSA) is 333 Å². The summed E-state index contributed by atoms with van der Waals surface area (Å²) >= 11 is 0. The molecule has 0 aromatic rings. The molecule has 1 saturated heterocycles. The number of hydrogen-bond acceptors (Lipinski definition) is 17. The zero-order chi connectivity index (χ0) is 45.7. The van der Waals surface area contributed by atoms with E-state index in [1.54, 1.807) is 13.8 Å². The largest absolute Gasteiger partial charge is 0.393 e. The highest BCUT2D eigenvalue weighted by atomic mass is 16.7. The molecule has 1 rings (SSSR count). The molecule has 0 radical (unpaired) electrons. The van der Waals surface area contributed by atoms with E-state index in [0.717, 1.165) is 0 Å². The van der Waals surface area contributed by atoms with Crippen molar-refractivity contribution in [2.24, 2.45) is 17.6 Å². The molecule has 60 heavy (non-hydrogen) atoms. The summed E-state index contributed by atoms with van der Waals surface area (Å²) in [6.45, 7) is 8.91. The van der Waals surface area contributed by atoms with Crippen molar-refractivity contribution < 1.29 is 80.3 Å². The molecule has 15 N–H and O–H groups in total. The maximum absolute atomic E-state index is 12.9. The number of aliphatic hydroxyl groups is 12. The average molecular weight is 867 g/mol. The Morgan fingerprint density at radius 3 is 1.70 bits per heavy atom. The first-order valence-corrected chi connectivity index (χ1v) is 21.4. The van der Waals surface area contributed by atoms with Gasteiger partial charge >= 0.3 is 0 Å². The van der Waals surface area contributed by atoms with Crippen LogP contribution in [0.5, 0.6) is 0 Å². The van der Waals surface area contributed by atoms with E-state index >= 15 is 0 Å². The summed E-state index contributed by atoms with van der Waals surface area (Å²) in [6.07, 6.45) is -10.4. The minimum absolute atomic E-state index is 0.00926. The van der Waals surface area contributed by atoms with Gasteiger partial charge in [-0.05, 0) is 70.6 Å². The lowest BCUT2D eigenvalue weighted by molar-refractivity contribution is -0.306. The van der Waals surface area contributed by atoms with E-state index in [2.05, 4.69) is 5.32 Å². The lowest BCUT2D eigenvalue weighted by atomic mass is 9.91. The number of hydrogen-bond donors (Lipinski definition) is 14. The summed E-state index contributed by atoms with van der Waals surface area (Å²) in [5.74, 6) is -1.36. The Morgan fingerprint density at radius 1 is 0.700 bits per heavy atom. The summed E-state index contributed by atoms with van der Waals surface area (Å²) in [7, 11) is 0. The van der Waals surface area contributed by atoms with Gasteiger partial charge in [0.05, 0.1) is 73.2 Å². The van der Waals surface area contributed by atoms with Crippen LogP contribution in [0.4, 0.5) is 0 Å². The Balaban J connectivity index is 2.34. The van der Waals surface area contributed by atoms with Crippen LogP contribution in [0.25, 0.3) is 0 Å². The molecule has 1 heterocycles. The summed E-state index contributed by atoms with van der Waals surface area (Å²) in [5.41, 5.74) is 5.79. The van der Waals surface area contributed by atoms with Crippen molar-refractivity contribution in [3.05, 3.63) is 24.3 Å². The van der Waals surface area contributed by atoms with Crippen LogP contribution in [-0.2, 0) is 19.1 Å². The predicted molar refractivity (Wildman–Crippen MR) is 221 cm³/mol. The van der Waals surface area contributed by atoms with Crippen molar-refractivity contribution in [3.63, 3.8) is 0 Å². The predicted octanol–water partition coefficient (Wildman–Crippen LogP) is -1.43. The summed E-state index contributed by atoms with van der Waals surface area (Å²) in [4.78, 5) is 24.8. The Hall–Kier alpha value is -1.98. The maximum Gasteiger partial charge on any atom is 0.237 e. The molecule has 1 aliphatic rings. The number of carbonyl (C=O) groups excluding carboxylic acids is 2. The van der Waals surface area contributed by atoms with Gasteiger partial charge in [-0.15, -0.1) is 0 Å². The molecule has 17 atom stereocenters. The third kappa shape index (κ3) is 22.4. The third-order valence-corrected chi connectivity index (χ3v) is 10.8. The second-order valence-electron chi connectivity index (χ2n) is 16.9. The van der Waals surface area contributed by atoms with Crippen LogP contribution in [0, 0.1) is 11.8 Å². The Morgan fingerprint density at radius 2 is 1.18 bits per heavy atom. The van der Waals surface area contributed by atoms with E-state index in [1.807, 2.05) is 13.8 Å². The molecular weight excluding hydrogens is 788 g/mol. The normalized spacial score (nSPS) is 26.2. The van der Waals surface area contributed by atoms with Gasteiger partial charge in [-0.3, -0.25) is 9.59 Å². The maximum atomic E-state index is 12.9. The van der Waals surface area contributed by atoms with E-state index in [9.17, 15) is 70.9 Å². The SMILES string of the molecule is CCC(OC1OC(C)C(O)C(O)C1O)C(C)C(=O)CC(O)CC(O)CC(O)/C=C/CC(O)CC(O)CC(O)CC(O)/C=C/CC(O)CC(O)CCCNC(=O)C(N)C(C)C. The minimum Gasteiger partial charge on any atom is -0.393 e. The van der Waals surface area contributed by atoms with Gasteiger partial charge in [0.25, 0.3) is 0 Å². The van der Waals surface area contributed by atoms with Crippen molar-refractivity contribution in [1.82, 2.24) is 5.32 Å². The molecule has 352 valence electrons. The lowest BCUT2D eigenvalue weighted by Crippen LogP contribution is -2.58. The fourth-order valence-electron chi connectivity index (χ4n) is 6.90. The molecule has 1 aliphatic heterocycles. The second-order valence-corrected chi connectivity index (χ2v) is 16.9.